The second-order valence-corrected chi connectivity index (χ2v) is 5.91. The number of aryl methyl sites for hydroxylation is 4. The minimum Gasteiger partial charge on any atom is -0.361 e. The third-order valence-corrected chi connectivity index (χ3v) is 4.18. The summed E-state index contributed by atoms with van der Waals surface area (Å²) in [4.78, 5) is 21.3. The van der Waals surface area contributed by atoms with Crippen molar-refractivity contribution in [2.24, 2.45) is 0 Å². The summed E-state index contributed by atoms with van der Waals surface area (Å²) in [6.45, 7) is 8.15. The van der Waals surface area contributed by atoms with Crippen LogP contribution >= 0.6 is 0 Å². The Morgan fingerprint density at radius 1 is 1.04 bits per heavy atom. The third kappa shape index (κ3) is 3.13. The molecule has 0 saturated heterocycles. The van der Waals surface area contributed by atoms with Gasteiger partial charge in [0.1, 0.15) is 5.76 Å². The molecule has 124 valence electrons. The van der Waals surface area contributed by atoms with E-state index in [0.717, 1.165) is 39.4 Å². The predicted octanol–water partition coefficient (Wildman–Crippen LogP) is 2.82. The molecule has 6 nitrogen and oxygen atoms in total. The van der Waals surface area contributed by atoms with Crippen molar-refractivity contribution in [3.63, 3.8) is 0 Å². The van der Waals surface area contributed by atoms with Gasteiger partial charge in [-0.15, -0.1) is 0 Å². The second kappa shape index (κ2) is 6.39. The fourth-order valence-electron chi connectivity index (χ4n) is 2.63. The average Bonchev–Trinajstić information content (AvgIpc) is 2.87. The van der Waals surface area contributed by atoms with E-state index in [1.165, 1.54) is 0 Å². The number of amides is 1. The Morgan fingerprint density at radius 3 is 2.42 bits per heavy atom. The molecule has 3 aromatic rings. The van der Waals surface area contributed by atoms with Crippen LogP contribution in [0.4, 0.5) is 0 Å². The zero-order chi connectivity index (χ0) is 17.3. The summed E-state index contributed by atoms with van der Waals surface area (Å²) in [6.07, 6.45) is 0.693. The molecule has 1 aromatic carbocycles. The van der Waals surface area contributed by atoms with Crippen LogP contribution in [0.5, 0.6) is 0 Å². The highest BCUT2D eigenvalue weighted by Crippen LogP contribution is 2.15. The van der Waals surface area contributed by atoms with E-state index in [1.807, 2.05) is 33.8 Å². The summed E-state index contributed by atoms with van der Waals surface area (Å²) in [5.41, 5.74) is 5.80. The van der Waals surface area contributed by atoms with Crippen LogP contribution in [0.1, 0.15) is 38.8 Å². The van der Waals surface area contributed by atoms with Crippen molar-refractivity contribution in [1.29, 1.82) is 0 Å². The number of carbonyl (C=O) groups is 1. The van der Waals surface area contributed by atoms with Gasteiger partial charge in [0.15, 0.2) is 0 Å². The van der Waals surface area contributed by atoms with Crippen molar-refractivity contribution in [3.05, 3.63) is 52.2 Å². The average molecular weight is 324 g/mol. The van der Waals surface area contributed by atoms with Crippen molar-refractivity contribution in [3.8, 4) is 0 Å². The molecular formula is C18H20N4O2. The number of hydrogen-bond donors (Lipinski definition) is 1. The number of benzene rings is 1. The van der Waals surface area contributed by atoms with E-state index >= 15 is 0 Å². The first kappa shape index (κ1) is 16.1. The number of aromatic nitrogens is 3. The Labute approximate surface area is 140 Å². The number of hydrogen-bond acceptors (Lipinski definition) is 5. The van der Waals surface area contributed by atoms with Crippen LogP contribution in [0.25, 0.3) is 11.0 Å². The molecule has 2 aromatic heterocycles. The lowest BCUT2D eigenvalue weighted by Gasteiger charge is -2.07. The predicted molar refractivity (Wildman–Crippen MR) is 91.0 cm³/mol. The highest BCUT2D eigenvalue weighted by atomic mass is 16.5. The van der Waals surface area contributed by atoms with Crippen molar-refractivity contribution < 1.29 is 9.32 Å². The molecule has 0 saturated carbocycles. The fraction of sp³-hybridized carbons (Fsp3) is 0.333. The molecular weight excluding hydrogens is 304 g/mol. The van der Waals surface area contributed by atoms with E-state index in [9.17, 15) is 4.79 Å². The van der Waals surface area contributed by atoms with Crippen molar-refractivity contribution in [2.75, 3.05) is 6.54 Å². The molecule has 0 spiro atoms. The van der Waals surface area contributed by atoms with Gasteiger partial charge in [-0.3, -0.25) is 4.79 Å². The molecule has 0 unspecified atom stereocenters. The highest BCUT2D eigenvalue weighted by molar-refractivity contribution is 5.97. The molecule has 0 bridgehead atoms. The Bertz CT molecular complexity index is 895. The third-order valence-electron chi connectivity index (χ3n) is 4.18. The smallest absolute Gasteiger partial charge is 0.251 e. The largest absolute Gasteiger partial charge is 0.361 e. The first-order chi connectivity index (χ1) is 11.5. The molecule has 0 atom stereocenters. The quantitative estimate of drug-likeness (QED) is 0.798. The summed E-state index contributed by atoms with van der Waals surface area (Å²) in [5.74, 6) is 0.678. The lowest BCUT2D eigenvalue weighted by atomic mass is 10.1. The van der Waals surface area contributed by atoms with Crippen LogP contribution < -0.4 is 5.32 Å². The summed E-state index contributed by atoms with van der Waals surface area (Å²) >= 11 is 0. The van der Waals surface area contributed by atoms with E-state index in [4.69, 9.17) is 4.52 Å². The molecule has 2 heterocycles. The maximum atomic E-state index is 12.3. The van der Waals surface area contributed by atoms with Gasteiger partial charge in [0, 0.05) is 17.7 Å². The molecule has 3 rings (SSSR count). The van der Waals surface area contributed by atoms with Gasteiger partial charge in [0.05, 0.1) is 28.1 Å². The maximum Gasteiger partial charge on any atom is 0.251 e. The van der Waals surface area contributed by atoms with Gasteiger partial charge in [0.2, 0.25) is 0 Å². The summed E-state index contributed by atoms with van der Waals surface area (Å²) in [5, 5.41) is 6.84. The molecule has 24 heavy (non-hydrogen) atoms. The van der Waals surface area contributed by atoms with Gasteiger partial charge < -0.3 is 9.84 Å². The van der Waals surface area contributed by atoms with Gasteiger partial charge in [-0.2, -0.15) is 0 Å². The summed E-state index contributed by atoms with van der Waals surface area (Å²) < 4.78 is 5.13. The van der Waals surface area contributed by atoms with Gasteiger partial charge in [-0.1, -0.05) is 5.16 Å². The van der Waals surface area contributed by atoms with Crippen molar-refractivity contribution in [1.82, 2.24) is 20.4 Å². The first-order valence-electron chi connectivity index (χ1n) is 7.90. The lowest BCUT2D eigenvalue weighted by molar-refractivity contribution is 0.0954. The molecule has 6 heteroatoms. The normalized spacial score (nSPS) is 11.0. The number of rotatable bonds is 4. The van der Waals surface area contributed by atoms with Crippen molar-refractivity contribution >= 4 is 16.9 Å². The second-order valence-electron chi connectivity index (χ2n) is 5.91. The Hall–Kier alpha value is -2.76. The SMILES string of the molecule is Cc1nc2ccc(C(=O)NCCc3c(C)noc3C)cc2nc1C. The Balaban J connectivity index is 1.71. The minimum absolute atomic E-state index is 0.122. The fourth-order valence-corrected chi connectivity index (χ4v) is 2.63. The zero-order valence-corrected chi connectivity index (χ0v) is 14.3. The van der Waals surface area contributed by atoms with Crippen LogP contribution in [-0.4, -0.2) is 27.6 Å². The summed E-state index contributed by atoms with van der Waals surface area (Å²) in [6, 6.07) is 5.38. The zero-order valence-electron chi connectivity index (χ0n) is 14.3. The van der Waals surface area contributed by atoms with Gasteiger partial charge in [-0.25, -0.2) is 9.97 Å². The topological polar surface area (TPSA) is 80.9 Å². The molecule has 0 radical (unpaired) electrons. The standard InChI is InChI=1S/C18H20N4O2/c1-10-11(2)21-17-9-14(5-6-16(17)20-10)18(23)19-8-7-15-12(3)22-24-13(15)4/h5-6,9H,7-8H2,1-4H3,(H,19,23). The summed E-state index contributed by atoms with van der Waals surface area (Å²) in [7, 11) is 0. The molecule has 0 fully saturated rings. The number of fused-ring (bicyclic) bond motifs is 1. The van der Waals surface area contributed by atoms with Crippen LogP contribution in [0, 0.1) is 27.7 Å². The van der Waals surface area contributed by atoms with Crippen LogP contribution in [0.2, 0.25) is 0 Å². The lowest BCUT2D eigenvalue weighted by Crippen LogP contribution is -2.25. The first-order valence-corrected chi connectivity index (χ1v) is 7.90. The molecule has 0 aliphatic heterocycles. The van der Waals surface area contributed by atoms with Crippen LogP contribution in [0.3, 0.4) is 0 Å². The van der Waals surface area contributed by atoms with Gasteiger partial charge in [-0.05, 0) is 52.3 Å². The van der Waals surface area contributed by atoms with E-state index in [0.29, 0.717) is 18.5 Å². The maximum absolute atomic E-state index is 12.3. The van der Waals surface area contributed by atoms with Gasteiger partial charge in [0.25, 0.3) is 5.91 Å². The number of nitrogens with one attached hydrogen (secondary N) is 1. The highest BCUT2D eigenvalue weighted by Gasteiger charge is 2.11. The van der Waals surface area contributed by atoms with Crippen molar-refractivity contribution in [2.45, 2.75) is 34.1 Å². The molecule has 0 aliphatic carbocycles. The van der Waals surface area contributed by atoms with E-state index in [-0.39, 0.29) is 5.91 Å². The monoisotopic (exact) mass is 324 g/mol. The van der Waals surface area contributed by atoms with Crippen LogP contribution in [0.15, 0.2) is 22.7 Å². The molecule has 1 amide bonds. The van der Waals surface area contributed by atoms with E-state index in [2.05, 4.69) is 20.4 Å². The Morgan fingerprint density at radius 2 is 1.75 bits per heavy atom. The van der Waals surface area contributed by atoms with E-state index < -0.39 is 0 Å². The van der Waals surface area contributed by atoms with Crippen LogP contribution in [-0.2, 0) is 6.42 Å². The molecule has 1 N–H and O–H groups in total. The minimum atomic E-state index is -0.122. The Kier molecular flexibility index (Phi) is 4.29. The molecule has 0 aliphatic rings. The number of nitrogens with zero attached hydrogens (tertiary/aromatic N) is 3. The van der Waals surface area contributed by atoms with Gasteiger partial charge >= 0.3 is 0 Å². The van der Waals surface area contributed by atoms with E-state index in [1.54, 1.807) is 12.1 Å². The number of carbonyl (C=O) groups excluding carboxylic acids is 1.